The Morgan fingerprint density at radius 1 is 1.33 bits per heavy atom. The van der Waals surface area contributed by atoms with Crippen LogP contribution in [0, 0.1) is 0 Å². The predicted octanol–water partition coefficient (Wildman–Crippen LogP) is 2.23. The minimum absolute atomic E-state index is 0.212. The number of benzene rings is 1. The molecule has 0 unspecified atom stereocenters. The largest absolute Gasteiger partial charge is 0.494 e. The summed E-state index contributed by atoms with van der Waals surface area (Å²) in [5.74, 6) is 0.727. The van der Waals surface area contributed by atoms with Crippen LogP contribution < -0.4 is 4.74 Å². The molecule has 1 rings (SSSR count). The zero-order valence-electron chi connectivity index (χ0n) is 10.7. The lowest BCUT2D eigenvalue weighted by atomic mass is 10.2. The van der Waals surface area contributed by atoms with Gasteiger partial charge in [-0.1, -0.05) is 13.0 Å². The van der Waals surface area contributed by atoms with Crippen LogP contribution in [0.5, 0.6) is 5.75 Å². The van der Waals surface area contributed by atoms with E-state index in [-0.39, 0.29) is 10.7 Å². The summed E-state index contributed by atoms with van der Waals surface area (Å²) in [6.07, 6.45) is 2.85. The van der Waals surface area contributed by atoms with Crippen LogP contribution in [-0.4, -0.2) is 27.1 Å². The lowest BCUT2D eigenvalue weighted by Gasteiger charge is -2.06. The Morgan fingerprint density at radius 2 is 2.06 bits per heavy atom. The van der Waals surface area contributed by atoms with Crippen molar-refractivity contribution < 1.29 is 17.9 Å². The minimum Gasteiger partial charge on any atom is -0.494 e. The quantitative estimate of drug-likeness (QED) is 0.713. The van der Waals surface area contributed by atoms with Crippen molar-refractivity contribution in [2.24, 2.45) is 0 Å². The van der Waals surface area contributed by atoms with Crippen molar-refractivity contribution in [2.45, 2.75) is 31.1 Å². The van der Waals surface area contributed by atoms with Crippen LogP contribution >= 0.6 is 0 Å². The highest BCUT2D eigenvalue weighted by molar-refractivity contribution is 7.90. The van der Waals surface area contributed by atoms with E-state index in [2.05, 4.69) is 0 Å². The third kappa shape index (κ3) is 4.87. The molecule has 0 aromatic heterocycles. The maximum Gasteiger partial charge on any atom is 0.175 e. The van der Waals surface area contributed by atoms with E-state index in [4.69, 9.17) is 4.74 Å². The van der Waals surface area contributed by atoms with Gasteiger partial charge in [-0.25, -0.2) is 8.42 Å². The average Bonchev–Trinajstić information content (AvgIpc) is 2.33. The van der Waals surface area contributed by atoms with Gasteiger partial charge < -0.3 is 4.74 Å². The van der Waals surface area contributed by atoms with Crippen LogP contribution in [0.4, 0.5) is 0 Å². The summed E-state index contributed by atoms with van der Waals surface area (Å²) in [7, 11) is -3.21. The third-order valence-corrected chi connectivity index (χ3v) is 3.61. The Hall–Kier alpha value is -1.36. The molecule has 0 aliphatic rings. The number of carbonyl (C=O) groups excluding carboxylic acids is 1. The highest BCUT2D eigenvalue weighted by Crippen LogP contribution is 2.17. The van der Waals surface area contributed by atoms with Crippen LogP contribution in [-0.2, 0) is 14.6 Å². The van der Waals surface area contributed by atoms with Gasteiger partial charge in [-0.05, 0) is 24.6 Å². The summed E-state index contributed by atoms with van der Waals surface area (Å²) >= 11 is 0. The molecule has 0 aliphatic heterocycles. The van der Waals surface area contributed by atoms with Gasteiger partial charge in [0, 0.05) is 19.1 Å². The number of rotatable bonds is 7. The summed E-state index contributed by atoms with van der Waals surface area (Å²) in [5.41, 5.74) is 0. The molecule has 0 radical (unpaired) electrons. The SMILES string of the molecule is CCC(=O)CCCOc1cccc(S(C)(=O)=O)c1. The van der Waals surface area contributed by atoms with Gasteiger partial charge in [-0.3, -0.25) is 4.79 Å². The van der Waals surface area contributed by atoms with E-state index in [0.717, 1.165) is 6.26 Å². The molecule has 1 aromatic carbocycles. The number of hydrogen-bond donors (Lipinski definition) is 0. The zero-order chi connectivity index (χ0) is 13.6. The Morgan fingerprint density at radius 3 is 2.67 bits per heavy atom. The van der Waals surface area contributed by atoms with E-state index in [9.17, 15) is 13.2 Å². The van der Waals surface area contributed by atoms with Crippen LogP contribution in [0.25, 0.3) is 0 Å². The highest BCUT2D eigenvalue weighted by Gasteiger charge is 2.07. The number of Topliss-reactive ketones (excluding diaryl/α,β-unsaturated/α-hetero) is 1. The molecule has 0 atom stereocenters. The summed E-state index contributed by atoms with van der Waals surface area (Å²) in [4.78, 5) is 11.3. The molecule has 1 aromatic rings. The fraction of sp³-hybridized carbons (Fsp3) is 0.462. The first kappa shape index (κ1) is 14.7. The van der Waals surface area contributed by atoms with Crippen LogP contribution in [0.2, 0.25) is 0 Å². The average molecular weight is 270 g/mol. The van der Waals surface area contributed by atoms with Gasteiger partial charge >= 0.3 is 0 Å². The number of hydrogen-bond acceptors (Lipinski definition) is 4. The molecule has 0 bridgehead atoms. The molecule has 0 spiro atoms. The van der Waals surface area contributed by atoms with Gasteiger partial charge in [0.15, 0.2) is 9.84 Å². The van der Waals surface area contributed by atoms with E-state index in [1.165, 1.54) is 12.1 Å². The van der Waals surface area contributed by atoms with Gasteiger partial charge in [-0.2, -0.15) is 0 Å². The van der Waals surface area contributed by atoms with E-state index in [1.54, 1.807) is 12.1 Å². The first-order chi connectivity index (χ1) is 8.43. The Kier molecular flexibility index (Phi) is 5.34. The lowest BCUT2D eigenvalue weighted by Crippen LogP contribution is -2.03. The predicted molar refractivity (Wildman–Crippen MR) is 69.6 cm³/mol. The second kappa shape index (κ2) is 6.54. The molecule has 0 aliphatic carbocycles. The first-order valence-electron chi connectivity index (χ1n) is 5.88. The number of ether oxygens (including phenoxy) is 1. The van der Waals surface area contributed by atoms with E-state index in [1.807, 2.05) is 6.92 Å². The van der Waals surface area contributed by atoms with Gasteiger partial charge in [0.1, 0.15) is 11.5 Å². The highest BCUT2D eigenvalue weighted by atomic mass is 32.2. The number of sulfone groups is 1. The first-order valence-corrected chi connectivity index (χ1v) is 7.77. The molecule has 0 saturated carbocycles. The topological polar surface area (TPSA) is 60.4 Å². The Labute approximate surface area is 108 Å². The summed E-state index contributed by atoms with van der Waals surface area (Å²) in [6, 6.07) is 6.37. The standard InChI is InChI=1S/C13H18O4S/c1-3-11(14)6-5-9-17-12-7-4-8-13(10-12)18(2,15)16/h4,7-8,10H,3,5-6,9H2,1-2H3. The fourth-order valence-electron chi connectivity index (χ4n) is 1.43. The Balaban J connectivity index is 2.51. The van der Waals surface area contributed by atoms with Crippen molar-refractivity contribution in [2.75, 3.05) is 12.9 Å². The molecule has 0 amide bonds. The smallest absolute Gasteiger partial charge is 0.175 e. The van der Waals surface area contributed by atoms with Crippen molar-refractivity contribution in [3.8, 4) is 5.75 Å². The van der Waals surface area contributed by atoms with Crippen LogP contribution in [0.15, 0.2) is 29.2 Å². The summed E-state index contributed by atoms with van der Waals surface area (Å²) in [6.45, 7) is 2.25. The van der Waals surface area contributed by atoms with Gasteiger partial charge in [-0.15, -0.1) is 0 Å². The molecule has 0 N–H and O–H groups in total. The van der Waals surface area contributed by atoms with Crippen LogP contribution in [0.3, 0.4) is 0 Å². The third-order valence-electron chi connectivity index (χ3n) is 2.50. The molecule has 4 nitrogen and oxygen atoms in total. The second-order valence-electron chi connectivity index (χ2n) is 4.09. The Bertz CT molecular complexity index is 505. The van der Waals surface area contributed by atoms with Gasteiger partial charge in [0.25, 0.3) is 0 Å². The van der Waals surface area contributed by atoms with E-state index >= 15 is 0 Å². The van der Waals surface area contributed by atoms with Crippen molar-refractivity contribution in [1.29, 1.82) is 0 Å². The van der Waals surface area contributed by atoms with E-state index < -0.39 is 9.84 Å². The van der Waals surface area contributed by atoms with Gasteiger partial charge in [0.05, 0.1) is 11.5 Å². The minimum atomic E-state index is -3.21. The van der Waals surface area contributed by atoms with Crippen LogP contribution in [0.1, 0.15) is 26.2 Å². The van der Waals surface area contributed by atoms with E-state index in [0.29, 0.717) is 31.6 Å². The fourth-order valence-corrected chi connectivity index (χ4v) is 2.09. The van der Waals surface area contributed by atoms with Crippen molar-refractivity contribution in [3.63, 3.8) is 0 Å². The van der Waals surface area contributed by atoms with Crippen molar-refractivity contribution >= 4 is 15.6 Å². The maximum atomic E-state index is 11.3. The lowest BCUT2D eigenvalue weighted by molar-refractivity contribution is -0.118. The van der Waals surface area contributed by atoms with Crippen molar-refractivity contribution in [3.05, 3.63) is 24.3 Å². The number of ketones is 1. The maximum absolute atomic E-state index is 11.3. The second-order valence-corrected chi connectivity index (χ2v) is 6.11. The molecule has 0 heterocycles. The molecule has 18 heavy (non-hydrogen) atoms. The summed E-state index contributed by atoms with van der Waals surface area (Å²) in [5, 5.41) is 0. The van der Waals surface area contributed by atoms with Gasteiger partial charge in [0.2, 0.25) is 0 Å². The normalized spacial score (nSPS) is 11.2. The molecule has 5 heteroatoms. The monoisotopic (exact) mass is 270 g/mol. The molecular formula is C13H18O4S. The number of carbonyl (C=O) groups is 1. The molecule has 100 valence electrons. The zero-order valence-corrected chi connectivity index (χ0v) is 11.5. The van der Waals surface area contributed by atoms with Crippen molar-refractivity contribution in [1.82, 2.24) is 0 Å². The molecule has 0 saturated heterocycles. The molecular weight excluding hydrogens is 252 g/mol. The summed E-state index contributed by atoms with van der Waals surface area (Å²) < 4.78 is 28.1. The molecule has 0 fully saturated rings.